The van der Waals surface area contributed by atoms with E-state index in [4.69, 9.17) is 0 Å². The Balaban J connectivity index is 1.96. The summed E-state index contributed by atoms with van der Waals surface area (Å²) in [6.07, 6.45) is 1.53. The summed E-state index contributed by atoms with van der Waals surface area (Å²) < 4.78 is 29.1. The number of rotatable bonds is 7. The van der Waals surface area contributed by atoms with Crippen molar-refractivity contribution in [3.05, 3.63) is 70.5 Å². The standard InChI is InChI=1S/C24H30N4O3S/c1-7-27(8-2)32(30,31)21-13-17(4)18(5)23(14-21)26-24(29)22-15-25-28(19(22)6)20-11-9-10-16(3)12-20/h9-15H,7-8H2,1-6H3,(H,26,29). The van der Waals surface area contributed by atoms with Crippen LogP contribution >= 0.6 is 0 Å². The van der Waals surface area contributed by atoms with Crippen molar-refractivity contribution in [2.75, 3.05) is 18.4 Å². The van der Waals surface area contributed by atoms with Crippen molar-refractivity contribution in [1.82, 2.24) is 14.1 Å². The van der Waals surface area contributed by atoms with E-state index in [1.165, 1.54) is 16.6 Å². The summed E-state index contributed by atoms with van der Waals surface area (Å²) in [5.74, 6) is -0.332. The summed E-state index contributed by atoms with van der Waals surface area (Å²) in [5.41, 5.74) is 5.20. The maximum absolute atomic E-state index is 13.1. The molecule has 32 heavy (non-hydrogen) atoms. The first-order valence-electron chi connectivity index (χ1n) is 10.6. The fraction of sp³-hybridized carbons (Fsp3) is 0.333. The lowest BCUT2D eigenvalue weighted by Gasteiger charge is -2.20. The van der Waals surface area contributed by atoms with Crippen LogP contribution in [-0.4, -0.2) is 41.5 Å². The first-order valence-corrected chi connectivity index (χ1v) is 12.1. The Labute approximate surface area is 190 Å². The number of amides is 1. The van der Waals surface area contributed by atoms with Gasteiger partial charge in [-0.15, -0.1) is 0 Å². The molecule has 3 aromatic rings. The third-order valence-corrected chi connectivity index (χ3v) is 7.76. The van der Waals surface area contributed by atoms with E-state index in [-0.39, 0.29) is 10.8 Å². The molecule has 0 radical (unpaired) electrons. The second kappa shape index (κ2) is 9.26. The van der Waals surface area contributed by atoms with E-state index >= 15 is 0 Å². The third kappa shape index (κ3) is 4.47. The molecule has 1 N–H and O–H groups in total. The molecule has 7 nitrogen and oxygen atoms in total. The molecule has 3 rings (SSSR count). The molecule has 2 aromatic carbocycles. The molecule has 0 spiro atoms. The largest absolute Gasteiger partial charge is 0.322 e. The fourth-order valence-electron chi connectivity index (χ4n) is 3.66. The quantitative estimate of drug-likeness (QED) is 0.574. The van der Waals surface area contributed by atoms with Gasteiger partial charge in [0.05, 0.1) is 28.0 Å². The van der Waals surface area contributed by atoms with Crippen LogP contribution in [0, 0.1) is 27.7 Å². The number of sulfonamides is 1. The summed E-state index contributed by atoms with van der Waals surface area (Å²) in [7, 11) is -3.64. The number of aromatic nitrogens is 2. The smallest absolute Gasteiger partial charge is 0.259 e. The molecular weight excluding hydrogens is 424 g/mol. The van der Waals surface area contributed by atoms with Gasteiger partial charge in [-0.3, -0.25) is 4.79 Å². The van der Waals surface area contributed by atoms with Crippen molar-refractivity contribution in [3.8, 4) is 5.69 Å². The molecular formula is C24H30N4O3S. The van der Waals surface area contributed by atoms with E-state index in [1.54, 1.807) is 24.6 Å². The number of hydrogen-bond donors (Lipinski definition) is 1. The summed E-state index contributed by atoms with van der Waals surface area (Å²) in [4.78, 5) is 13.3. The average molecular weight is 455 g/mol. The minimum absolute atomic E-state index is 0.173. The number of anilines is 1. The van der Waals surface area contributed by atoms with Crippen molar-refractivity contribution in [2.45, 2.75) is 46.4 Å². The van der Waals surface area contributed by atoms with Gasteiger partial charge in [0.25, 0.3) is 5.91 Å². The Kier molecular flexibility index (Phi) is 6.85. The predicted molar refractivity (Wildman–Crippen MR) is 127 cm³/mol. The van der Waals surface area contributed by atoms with Crippen LogP contribution in [0.4, 0.5) is 5.69 Å². The van der Waals surface area contributed by atoms with Crippen LogP contribution in [-0.2, 0) is 10.0 Å². The molecule has 0 aliphatic carbocycles. The molecule has 1 aromatic heterocycles. The number of carbonyl (C=O) groups is 1. The van der Waals surface area contributed by atoms with Crippen molar-refractivity contribution in [2.24, 2.45) is 0 Å². The summed E-state index contributed by atoms with van der Waals surface area (Å²) >= 11 is 0. The Hall–Kier alpha value is -2.97. The number of aryl methyl sites for hydroxylation is 2. The highest BCUT2D eigenvalue weighted by Crippen LogP contribution is 2.27. The van der Waals surface area contributed by atoms with Gasteiger partial charge < -0.3 is 5.32 Å². The van der Waals surface area contributed by atoms with Crippen LogP contribution in [0.25, 0.3) is 5.69 Å². The van der Waals surface area contributed by atoms with Gasteiger partial charge in [0.15, 0.2) is 0 Å². The zero-order valence-corrected chi connectivity index (χ0v) is 20.2. The second-order valence-electron chi connectivity index (χ2n) is 7.85. The van der Waals surface area contributed by atoms with E-state index in [0.717, 1.165) is 22.4 Å². The fourth-order valence-corrected chi connectivity index (χ4v) is 5.23. The molecule has 0 aliphatic rings. The van der Waals surface area contributed by atoms with Gasteiger partial charge in [-0.25, -0.2) is 13.1 Å². The van der Waals surface area contributed by atoms with Gasteiger partial charge >= 0.3 is 0 Å². The maximum atomic E-state index is 13.1. The van der Waals surface area contributed by atoms with E-state index in [2.05, 4.69) is 10.4 Å². The van der Waals surface area contributed by atoms with Crippen LogP contribution in [0.3, 0.4) is 0 Å². The monoisotopic (exact) mass is 454 g/mol. The molecule has 0 saturated heterocycles. The van der Waals surface area contributed by atoms with Gasteiger partial charge in [0.2, 0.25) is 10.0 Å². The molecule has 0 saturated carbocycles. The van der Waals surface area contributed by atoms with Crippen LogP contribution in [0.15, 0.2) is 47.5 Å². The number of carbonyl (C=O) groups excluding carboxylic acids is 1. The zero-order valence-electron chi connectivity index (χ0n) is 19.4. The lowest BCUT2D eigenvalue weighted by Crippen LogP contribution is -2.30. The van der Waals surface area contributed by atoms with Crippen LogP contribution in [0.1, 0.15) is 46.6 Å². The minimum atomic E-state index is -3.64. The van der Waals surface area contributed by atoms with Gasteiger partial charge in [-0.1, -0.05) is 26.0 Å². The van der Waals surface area contributed by atoms with Crippen molar-refractivity contribution < 1.29 is 13.2 Å². The van der Waals surface area contributed by atoms with E-state index in [1.807, 2.05) is 52.0 Å². The average Bonchev–Trinajstić information content (AvgIpc) is 3.13. The Bertz CT molecular complexity index is 1260. The molecule has 1 heterocycles. The molecule has 8 heteroatoms. The second-order valence-corrected chi connectivity index (χ2v) is 9.79. The van der Waals surface area contributed by atoms with Crippen LogP contribution in [0.2, 0.25) is 0 Å². The van der Waals surface area contributed by atoms with Crippen molar-refractivity contribution in [3.63, 3.8) is 0 Å². The molecule has 0 aliphatic heterocycles. The van der Waals surface area contributed by atoms with Crippen molar-refractivity contribution >= 4 is 21.6 Å². The zero-order chi connectivity index (χ0) is 23.6. The third-order valence-electron chi connectivity index (χ3n) is 5.73. The highest BCUT2D eigenvalue weighted by Gasteiger charge is 2.24. The number of nitrogens with zero attached hydrogens (tertiary/aromatic N) is 3. The molecule has 170 valence electrons. The normalized spacial score (nSPS) is 11.7. The molecule has 0 unspecified atom stereocenters. The maximum Gasteiger partial charge on any atom is 0.259 e. The van der Waals surface area contributed by atoms with Gasteiger partial charge in [0, 0.05) is 18.8 Å². The molecule has 0 bridgehead atoms. The first kappa shape index (κ1) is 23.7. The van der Waals surface area contributed by atoms with Crippen LogP contribution in [0.5, 0.6) is 0 Å². The van der Waals surface area contributed by atoms with Gasteiger partial charge in [-0.05, 0) is 68.7 Å². The van der Waals surface area contributed by atoms with E-state index < -0.39 is 10.0 Å². The highest BCUT2D eigenvalue weighted by atomic mass is 32.2. The topological polar surface area (TPSA) is 84.3 Å². The van der Waals surface area contributed by atoms with E-state index in [0.29, 0.717) is 30.0 Å². The number of hydrogen-bond acceptors (Lipinski definition) is 4. The summed E-state index contributed by atoms with van der Waals surface area (Å²) in [6.45, 7) is 11.9. The first-order chi connectivity index (χ1) is 15.1. The number of benzene rings is 2. The minimum Gasteiger partial charge on any atom is -0.322 e. The van der Waals surface area contributed by atoms with E-state index in [9.17, 15) is 13.2 Å². The Morgan fingerprint density at radius 2 is 1.75 bits per heavy atom. The SMILES string of the molecule is CCN(CC)S(=O)(=O)c1cc(C)c(C)c(NC(=O)c2cnn(-c3cccc(C)c3)c2C)c1. The van der Waals surface area contributed by atoms with Gasteiger partial charge in [0.1, 0.15) is 0 Å². The Morgan fingerprint density at radius 1 is 1.06 bits per heavy atom. The summed E-state index contributed by atoms with van der Waals surface area (Å²) in [6, 6.07) is 11.1. The molecule has 0 atom stereocenters. The predicted octanol–water partition coefficient (Wildman–Crippen LogP) is 4.39. The van der Waals surface area contributed by atoms with Crippen molar-refractivity contribution in [1.29, 1.82) is 0 Å². The molecule has 1 amide bonds. The van der Waals surface area contributed by atoms with Gasteiger partial charge in [-0.2, -0.15) is 9.40 Å². The summed E-state index contributed by atoms with van der Waals surface area (Å²) in [5, 5.41) is 7.28. The Morgan fingerprint density at radius 3 is 2.38 bits per heavy atom. The highest BCUT2D eigenvalue weighted by molar-refractivity contribution is 7.89. The van der Waals surface area contributed by atoms with Crippen LogP contribution < -0.4 is 5.32 Å². The lowest BCUT2D eigenvalue weighted by molar-refractivity contribution is 0.102. The molecule has 0 fully saturated rings. The number of nitrogens with one attached hydrogen (secondary N) is 1. The lowest BCUT2D eigenvalue weighted by atomic mass is 10.1.